The monoisotopic (exact) mass is 423 g/mol. The number of hydrogen-bond acceptors (Lipinski definition) is 2. The summed E-state index contributed by atoms with van der Waals surface area (Å²) in [6.07, 6.45) is 23.5. The molecular formula is C28H29N3O. The number of rotatable bonds is 12. The van der Waals surface area contributed by atoms with E-state index in [1.807, 2.05) is 71.5 Å². The molecule has 32 heavy (non-hydrogen) atoms. The zero-order valence-corrected chi connectivity index (χ0v) is 18.2. The second kappa shape index (κ2) is 13.2. The molecule has 1 aromatic carbocycles. The van der Waals surface area contributed by atoms with Crippen LogP contribution in [0.15, 0.2) is 136 Å². The molecule has 1 amide bonds. The molecule has 1 unspecified atom stereocenters. The summed E-state index contributed by atoms with van der Waals surface area (Å²) < 4.78 is 1.92. The van der Waals surface area contributed by atoms with Crippen molar-refractivity contribution in [2.24, 2.45) is 0 Å². The first kappa shape index (κ1) is 24.1. The fraction of sp³-hybridized carbons (Fsp3) is 0.0714. The fourth-order valence-electron chi connectivity index (χ4n) is 3.02. The Labute approximate surface area is 190 Å². The standard InChI is InChI=1S/C28H29N3O/c1-5-9-11-14-23(8-4)24-15-17-26(18-16-24)28(32)30-27(21-31-20-19-29-22-31)25(12-7-3)13-10-6-2/h5-20,22,27H,1-4,21H2,(H,30,32)/b11-9-,13-10-,23-14+,25-12+. The van der Waals surface area contributed by atoms with Crippen LogP contribution in [0.3, 0.4) is 0 Å². The summed E-state index contributed by atoms with van der Waals surface area (Å²) in [5, 5.41) is 3.12. The molecule has 162 valence electrons. The smallest absolute Gasteiger partial charge is 0.251 e. The van der Waals surface area contributed by atoms with Crippen molar-refractivity contribution in [3.8, 4) is 0 Å². The second-order valence-corrected chi connectivity index (χ2v) is 6.81. The highest BCUT2D eigenvalue weighted by molar-refractivity contribution is 5.95. The van der Waals surface area contributed by atoms with Crippen LogP contribution in [0.1, 0.15) is 15.9 Å². The van der Waals surface area contributed by atoms with E-state index in [0.717, 1.165) is 16.7 Å². The van der Waals surface area contributed by atoms with Gasteiger partial charge in [0.05, 0.1) is 12.4 Å². The largest absolute Gasteiger partial charge is 0.343 e. The zero-order valence-electron chi connectivity index (χ0n) is 18.2. The first-order chi connectivity index (χ1) is 15.6. The van der Waals surface area contributed by atoms with Gasteiger partial charge in [0.15, 0.2) is 0 Å². The van der Waals surface area contributed by atoms with Gasteiger partial charge in [0, 0.05) is 24.5 Å². The van der Waals surface area contributed by atoms with Crippen LogP contribution in [0.2, 0.25) is 0 Å². The average Bonchev–Trinajstić information content (AvgIpc) is 3.32. The molecule has 1 heterocycles. The molecule has 0 bridgehead atoms. The maximum atomic E-state index is 13.0. The SMILES string of the molecule is C=C/C=C\C=C(/C=C)c1ccc(C(=O)NC(Cn2ccnc2)C(/C=C\C=C)=C/C=C)cc1. The van der Waals surface area contributed by atoms with Crippen molar-refractivity contribution < 1.29 is 4.79 Å². The highest BCUT2D eigenvalue weighted by atomic mass is 16.1. The van der Waals surface area contributed by atoms with Crippen LogP contribution < -0.4 is 5.32 Å². The van der Waals surface area contributed by atoms with Gasteiger partial charge in [-0.05, 0) is 28.8 Å². The normalized spacial score (nSPS) is 13.1. The van der Waals surface area contributed by atoms with Crippen LogP contribution in [-0.2, 0) is 6.54 Å². The predicted octanol–water partition coefficient (Wildman–Crippen LogP) is 5.85. The Hall–Kier alpha value is -4.18. The molecule has 1 N–H and O–H groups in total. The molecule has 0 saturated heterocycles. The minimum atomic E-state index is -0.279. The lowest BCUT2D eigenvalue weighted by Crippen LogP contribution is -2.39. The summed E-state index contributed by atoms with van der Waals surface area (Å²) in [5.74, 6) is -0.167. The molecule has 4 heteroatoms. The summed E-state index contributed by atoms with van der Waals surface area (Å²) >= 11 is 0. The Kier molecular flexibility index (Phi) is 9.93. The van der Waals surface area contributed by atoms with Gasteiger partial charge in [-0.3, -0.25) is 4.79 Å². The summed E-state index contributed by atoms with van der Waals surface area (Å²) in [6.45, 7) is 15.6. The first-order valence-electron chi connectivity index (χ1n) is 10.2. The highest BCUT2D eigenvalue weighted by Gasteiger charge is 2.17. The Bertz CT molecular complexity index is 1050. The molecule has 0 spiro atoms. The molecule has 0 radical (unpaired) electrons. The number of imidazole rings is 1. The summed E-state index contributed by atoms with van der Waals surface area (Å²) in [7, 11) is 0. The molecule has 0 fully saturated rings. The van der Waals surface area contributed by atoms with Crippen LogP contribution in [0.5, 0.6) is 0 Å². The van der Waals surface area contributed by atoms with Crippen molar-refractivity contribution in [1.29, 1.82) is 0 Å². The number of nitrogens with zero attached hydrogens (tertiary/aromatic N) is 2. The number of carbonyl (C=O) groups is 1. The molecular weight excluding hydrogens is 394 g/mol. The molecule has 1 atom stereocenters. The zero-order chi connectivity index (χ0) is 23.2. The number of aromatic nitrogens is 2. The number of benzene rings is 1. The van der Waals surface area contributed by atoms with Crippen molar-refractivity contribution in [1.82, 2.24) is 14.9 Å². The highest BCUT2D eigenvalue weighted by Crippen LogP contribution is 2.17. The van der Waals surface area contributed by atoms with Gasteiger partial charge in [0.25, 0.3) is 5.91 Å². The van der Waals surface area contributed by atoms with Crippen molar-refractivity contribution in [3.63, 3.8) is 0 Å². The number of allylic oxidation sites excluding steroid dienone is 10. The molecule has 2 rings (SSSR count). The van der Waals surface area contributed by atoms with Gasteiger partial charge in [0.1, 0.15) is 0 Å². The number of nitrogens with one attached hydrogen (secondary N) is 1. The third-order valence-corrected chi connectivity index (χ3v) is 4.62. The predicted molar refractivity (Wildman–Crippen MR) is 135 cm³/mol. The third kappa shape index (κ3) is 7.26. The van der Waals surface area contributed by atoms with E-state index >= 15 is 0 Å². The average molecular weight is 424 g/mol. The van der Waals surface area contributed by atoms with Crippen molar-refractivity contribution in [2.45, 2.75) is 12.6 Å². The molecule has 0 aliphatic heterocycles. The minimum absolute atomic E-state index is 0.167. The summed E-state index contributed by atoms with van der Waals surface area (Å²) in [5.41, 5.74) is 3.41. The maximum Gasteiger partial charge on any atom is 0.251 e. The number of amides is 1. The van der Waals surface area contributed by atoms with Crippen molar-refractivity contribution in [2.75, 3.05) is 0 Å². The van der Waals surface area contributed by atoms with E-state index < -0.39 is 0 Å². The summed E-state index contributed by atoms with van der Waals surface area (Å²) in [4.78, 5) is 17.1. The lowest BCUT2D eigenvalue weighted by Gasteiger charge is -2.21. The lowest BCUT2D eigenvalue weighted by molar-refractivity contribution is 0.0940. The molecule has 2 aromatic rings. The van der Waals surface area contributed by atoms with E-state index in [4.69, 9.17) is 0 Å². The van der Waals surface area contributed by atoms with Crippen LogP contribution in [0.25, 0.3) is 5.57 Å². The van der Waals surface area contributed by atoms with Gasteiger partial charge in [-0.25, -0.2) is 4.98 Å². The van der Waals surface area contributed by atoms with Crippen molar-refractivity contribution in [3.05, 3.63) is 147 Å². The number of carbonyl (C=O) groups excluding carboxylic acids is 1. The molecule has 0 aliphatic carbocycles. The van der Waals surface area contributed by atoms with E-state index in [9.17, 15) is 4.79 Å². The maximum absolute atomic E-state index is 13.0. The van der Waals surface area contributed by atoms with E-state index in [2.05, 4.69) is 36.6 Å². The van der Waals surface area contributed by atoms with Gasteiger partial charge in [-0.15, -0.1) is 0 Å². The minimum Gasteiger partial charge on any atom is -0.343 e. The quantitative estimate of drug-likeness (QED) is 0.436. The van der Waals surface area contributed by atoms with Gasteiger partial charge >= 0.3 is 0 Å². The van der Waals surface area contributed by atoms with Crippen LogP contribution >= 0.6 is 0 Å². The van der Waals surface area contributed by atoms with Gasteiger partial charge in [-0.2, -0.15) is 0 Å². The summed E-state index contributed by atoms with van der Waals surface area (Å²) in [6, 6.07) is 7.16. The van der Waals surface area contributed by atoms with Gasteiger partial charge < -0.3 is 9.88 Å². The van der Waals surface area contributed by atoms with E-state index in [1.165, 1.54) is 0 Å². The Morgan fingerprint density at radius 2 is 1.69 bits per heavy atom. The van der Waals surface area contributed by atoms with Gasteiger partial charge in [-0.1, -0.05) is 99.2 Å². The molecule has 0 saturated carbocycles. The fourth-order valence-corrected chi connectivity index (χ4v) is 3.02. The lowest BCUT2D eigenvalue weighted by atomic mass is 10.0. The molecule has 1 aromatic heterocycles. The number of hydrogen-bond donors (Lipinski definition) is 1. The van der Waals surface area contributed by atoms with E-state index in [0.29, 0.717) is 12.1 Å². The van der Waals surface area contributed by atoms with Crippen LogP contribution in [-0.4, -0.2) is 21.5 Å². The second-order valence-electron chi connectivity index (χ2n) is 6.81. The van der Waals surface area contributed by atoms with Crippen molar-refractivity contribution >= 4 is 11.5 Å². The van der Waals surface area contributed by atoms with Crippen LogP contribution in [0.4, 0.5) is 0 Å². The topological polar surface area (TPSA) is 46.9 Å². The van der Waals surface area contributed by atoms with Gasteiger partial charge in [0.2, 0.25) is 0 Å². The van der Waals surface area contributed by atoms with Crippen LogP contribution in [0, 0.1) is 0 Å². The Morgan fingerprint density at radius 3 is 2.28 bits per heavy atom. The van der Waals surface area contributed by atoms with E-state index in [1.54, 1.807) is 36.8 Å². The first-order valence-corrected chi connectivity index (χ1v) is 10.2. The Balaban J connectivity index is 2.26. The molecule has 0 aliphatic rings. The van der Waals surface area contributed by atoms with E-state index in [-0.39, 0.29) is 11.9 Å². The molecule has 4 nitrogen and oxygen atoms in total. The third-order valence-electron chi connectivity index (χ3n) is 4.62. The Morgan fingerprint density at radius 1 is 0.969 bits per heavy atom.